The minimum atomic E-state index is -0.865. The van der Waals surface area contributed by atoms with Crippen LogP contribution in [0.15, 0.2) is 36.4 Å². The molecule has 0 atom stereocenters. The Kier molecular flexibility index (Phi) is 4.01. The summed E-state index contributed by atoms with van der Waals surface area (Å²) in [5, 5.41) is 10.3. The number of aromatic nitrogens is 1. The second-order valence-corrected chi connectivity index (χ2v) is 7.72. The molecular weight excluding hydrogens is 360 g/mol. The van der Waals surface area contributed by atoms with E-state index in [1.54, 1.807) is 12.1 Å². The van der Waals surface area contributed by atoms with Crippen LogP contribution < -0.4 is 0 Å². The highest BCUT2D eigenvalue weighted by Crippen LogP contribution is 2.32. The lowest BCUT2D eigenvalue weighted by Gasteiger charge is -2.27. The SMILES string of the molecule is O=C(O)Cn1c2c(c3ccccc31)CN(C(=O)c1ccc(Cl)s1)CC2. The molecule has 1 N–H and O–H groups in total. The number of amides is 1. The summed E-state index contributed by atoms with van der Waals surface area (Å²) >= 11 is 7.22. The van der Waals surface area contributed by atoms with Crippen molar-refractivity contribution in [2.45, 2.75) is 19.5 Å². The van der Waals surface area contributed by atoms with Gasteiger partial charge in [-0.2, -0.15) is 0 Å². The number of halogens is 1. The monoisotopic (exact) mass is 374 g/mol. The predicted octanol–water partition coefficient (Wildman–Crippen LogP) is 3.64. The summed E-state index contributed by atoms with van der Waals surface area (Å²) in [6.45, 7) is 0.985. The van der Waals surface area contributed by atoms with Crippen LogP contribution in [-0.2, 0) is 24.3 Å². The fraction of sp³-hybridized carbons (Fsp3) is 0.222. The number of fused-ring (bicyclic) bond motifs is 3. The van der Waals surface area contributed by atoms with E-state index in [9.17, 15) is 14.7 Å². The summed E-state index contributed by atoms with van der Waals surface area (Å²) in [4.78, 5) is 26.4. The lowest BCUT2D eigenvalue weighted by molar-refractivity contribution is -0.137. The van der Waals surface area contributed by atoms with Crippen LogP contribution in [0.1, 0.15) is 20.9 Å². The fourth-order valence-electron chi connectivity index (χ4n) is 3.48. The molecule has 0 aliphatic carbocycles. The normalized spacial score (nSPS) is 13.9. The van der Waals surface area contributed by atoms with Crippen molar-refractivity contribution >= 4 is 45.7 Å². The van der Waals surface area contributed by atoms with Crippen molar-refractivity contribution in [1.29, 1.82) is 0 Å². The molecule has 2 aromatic heterocycles. The molecule has 0 radical (unpaired) electrons. The van der Waals surface area contributed by atoms with Gasteiger partial charge in [0.15, 0.2) is 0 Å². The van der Waals surface area contributed by atoms with Gasteiger partial charge in [-0.05, 0) is 18.2 Å². The first-order valence-corrected chi connectivity index (χ1v) is 9.09. The molecule has 1 aliphatic heterocycles. The molecule has 5 nitrogen and oxygen atoms in total. The van der Waals surface area contributed by atoms with Crippen molar-refractivity contribution in [3.63, 3.8) is 0 Å². The van der Waals surface area contributed by atoms with Crippen LogP contribution in [0.5, 0.6) is 0 Å². The Labute approximate surface area is 153 Å². The Bertz CT molecular complexity index is 992. The van der Waals surface area contributed by atoms with E-state index in [4.69, 9.17) is 11.6 Å². The first kappa shape index (κ1) is 16.2. The summed E-state index contributed by atoms with van der Waals surface area (Å²) in [6, 6.07) is 11.2. The van der Waals surface area contributed by atoms with Crippen molar-refractivity contribution in [2.24, 2.45) is 0 Å². The number of hydrogen-bond acceptors (Lipinski definition) is 3. The number of aliphatic carboxylic acids is 1. The molecule has 0 unspecified atom stereocenters. The van der Waals surface area contributed by atoms with Crippen molar-refractivity contribution < 1.29 is 14.7 Å². The maximum atomic E-state index is 12.7. The van der Waals surface area contributed by atoms with Gasteiger partial charge in [-0.25, -0.2) is 0 Å². The standard InChI is InChI=1S/C18H15ClN2O3S/c19-16-6-5-15(25-16)18(24)20-8-7-14-12(9-20)11-3-1-2-4-13(11)21(14)10-17(22)23/h1-6H,7-10H2,(H,22,23). The van der Waals surface area contributed by atoms with E-state index in [1.165, 1.54) is 11.3 Å². The van der Waals surface area contributed by atoms with E-state index < -0.39 is 5.97 Å². The Morgan fingerprint density at radius 2 is 2.00 bits per heavy atom. The van der Waals surface area contributed by atoms with Crippen LogP contribution in [0.4, 0.5) is 0 Å². The molecule has 3 aromatic rings. The van der Waals surface area contributed by atoms with Gasteiger partial charge in [0, 0.05) is 41.7 Å². The van der Waals surface area contributed by atoms with E-state index in [2.05, 4.69) is 0 Å². The zero-order valence-corrected chi connectivity index (χ0v) is 14.8. The number of nitrogens with zero attached hydrogens (tertiary/aromatic N) is 2. The van der Waals surface area contributed by atoms with Gasteiger partial charge in [0.05, 0.1) is 9.21 Å². The Hall–Kier alpha value is -2.31. The number of carboxylic acids is 1. The number of carbonyl (C=O) groups excluding carboxylic acids is 1. The van der Waals surface area contributed by atoms with E-state index in [-0.39, 0.29) is 12.5 Å². The molecule has 7 heteroatoms. The van der Waals surface area contributed by atoms with E-state index in [0.29, 0.717) is 28.7 Å². The summed E-state index contributed by atoms with van der Waals surface area (Å²) in [7, 11) is 0. The van der Waals surface area contributed by atoms with Crippen molar-refractivity contribution in [2.75, 3.05) is 6.54 Å². The van der Waals surface area contributed by atoms with Gasteiger partial charge >= 0.3 is 5.97 Å². The first-order chi connectivity index (χ1) is 12.0. The maximum absolute atomic E-state index is 12.7. The molecular formula is C18H15ClN2O3S. The molecule has 0 saturated carbocycles. The number of thiophene rings is 1. The quantitative estimate of drug-likeness (QED) is 0.761. The van der Waals surface area contributed by atoms with E-state index in [1.807, 2.05) is 33.7 Å². The molecule has 3 heterocycles. The van der Waals surface area contributed by atoms with Crippen molar-refractivity contribution in [3.8, 4) is 0 Å². The van der Waals surface area contributed by atoms with Gasteiger partial charge in [-0.3, -0.25) is 9.59 Å². The third-order valence-electron chi connectivity index (χ3n) is 4.53. The van der Waals surface area contributed by atoms with E-state index >= 15 is 0 Å². The lowest BCUT2D eigenvalue weighted by Crippen LogP contribution is -2.36. The van der Waals surface area contributed by atoms with Crippen LogP contribution in [0.2, 0.25) is 4.34 Å². The molecule has 0 saturated heterocycles. The highest BCUT2D eigenvalue weighted by Gasteiger charge is 2.28. The maximum Gasteiger partial charge on any atom is 0.323 e. The molecule has 4 rings (SSSR count). The zero-order chi connectivity index (χ0) is 17.6. The molecule has 0 fully saturated rings. The molecule has 0 bridgehead atoms. The minimum Gasteiger partial charge on any atom is -0.480 e. The van der Waals surface area contributed by atoms with Gasteiger partial charge in [0.1, 0.15) is 6.54 Å². The number of benzene rings is 1. The highest BCUT2D eigenvalue weighted by atomic mass is 35.5. The number of rotatable bonds is 3. The molecule has 0 spiro atoms. The topological polar surface area (TPSA) is 62.5 Å². The molecule has 1 amide bonds. The number of para-hydroxylation sites is 1. The van der Waals surface area contributed by atoms with Crippen LogP contribution in [0.3, 0.4) is 0 Å². The highest BCUT2D eigenvalue weighted by molar-refractivity contribution is 7.17. The Morgan fingerprint density at radius 3 is 2.72 bits per heavy atom. The summed E-state index contributed by atoms with van der Waals surface area (Å²) in [5.74, 6) is -0.895. The second-order valence-electron chi connectivity index (χ2n) is 6.00. The zero-order valence-electron chi connectivity index (χ0n) is 13.2. The molecule has 1 aliphatic rings. The molecule has 128 valence electrons. The predicted molar refractivity (Wildman–Crippen MR) is 97.3 cm³/mol. The van der Waals surface area contributed by atoms with Gasteiger partial charge in [0.2, 0.25) is 0 Å². The average molecular weight is 375 g/mol. The number of carboxylic acid groups (broad SMARTS) is 1. The third-order valence-corrected chi connectivity index (χ3v) is 5.75. The fourth-order valence-corrected chi connectivity index (χ4v) is 4.49. The molecule has 1 aromatic carbocycles. The number of hydrogen-bond donors (Lipinski definition) is 1. The van der Waals surface area contributed by atoms with Gasteiger partial charge in [-0.15, -0.1) is 11.3 Å². The summed E-state index contributed by atoms with van der Waals surface area (Å²) in [5.41, 5.74) is 2.96. The lowest BCUT2D eigenvalue weighted by atomic mass is 10.0. The van der Waals surface area contributed by atoms with Gasteiger partial charge in [0.25, 0.3) is 5.91 Å². The number of carbonyl (C=O) groups is 2. The third kappa shape index (κ3) is 2.81. The second kappa shape index (κ2) is 6.20. The van der Waals surface area contributed by atoms with Gasteiger partial charge < -0.3 is 14.6 Å². The van der Waals surface area contributed by atoms with E-state index in [0.717, 1.165) is 22.2 Å². The van der Waals surface area contributed by atoms with Crippen molar-refractivity contribution in [1.82, 2.24) is 9.47 Å². The van der Waals surface area contributed by atoms with Crippen LogP contribution in [0, 0.1) is 0 Å². The minimum absolute atomic E-state index is 0.0300. The smallest absolute Gasteiger partial charge is 0.323 e. The van der Waals surface area contributed by atoms with Crippen LogP contribution >= 0.6 is 22.9 Å². The summed E-state index contributed by atoms with van der Waals surface area (Å²) < 4.78 is 2.45. The van der Waals surface area contributed by atoms with Gasteiger partial charge in [-0.1, -0.05) is 29.8 Å². The molecule has 25 heavy (non-hydrogen) atoms. The largest absolute Gasteiger partial charge is 0.480 e. The van der Waals surface area contributed by atoms with Crippen LogP contribution in [-0.4, -0.2) is 33.0 Å². The average Bonchev–Trinajstić information content (AvgIpc) is 3.16. The Morgan fingerprint density at radius 1 is 1.20 bits per heavy atom. The van der Waals surface area contributed by atoms with Crippen molar-refractivity contribution in [3.05, 3.63) is 56.9 Å². The Balaban J connectivity index is 1.73. The first-order valence-electron chi connectivity index (χ1n) is 7.90. The summed E-state index contributed by atoms with van der Waals surface area (Å²) in [6.07, 6.45) is 0.641. The van der Waals surface area contributed by atoms with Crippen LogP contribution in [0.25, 0.3) is 10.9 Å².